The first kappa shape index (κ1) is 19.9. The van der Waals surface area contributed by atoms with Crippen molar-refractivity contribution in [1.29, 1.82) is 0 Å². The van der Waals surface area contributed by atoms with E-state index in [1.807, 2.05) is 11.8 Å². The van der Waals surface area contributed by atoms with Crippen molar-refractivity contribution in [3.8, 4) is 0 Å². The molecule has 0 aromatic heterocycles. The highest BCUT2D eigenvalue weighted by molar-refractivity contribution is 7.99. The molecule has 1 saturated heterocycles. The topological polar surface area (TPSA) is 42.9 Å². The molecule has 2 rings (SSSR count). The van der Waals surface area contributed by atoms with Gasteiger partial charge in [-0.3, -0.25) is 9.89 Å². The molecule has 6 heteroatoms. The van der Waals surface area contributed by atoms with E-state index in [1.165, 1.54) is 52.0 Å². The van der Waals surface area contributed by atoms with Gasteiger partial charge in [0.05, 0.1) is 6.54 Å². The lowest BCUT2D eigenvalue weighted by molar-refractivity contribution is 0.109. The number of rotatable bonds is 7. The number of thioether (sulfide) groups is 1. The van der Waals surface area contributed by atoms with Gasteiger partial charge in [-0.2, -0.15) is 11.8 Å². The molecule has 24 heavy (non-hydrogen) atoms. The van der Waals surface area contributed by atoms with Crippen LogP contribution in [0.4, 0.5) is 0 Å². The molecule has 2 N–H and O–H groups in total. The van der Waals surface area contributed by atoms with Crippen LogP contribution in [0.25, 0.3) is 0 Å². The van der Waals surface area contributed by atoms with Gasteiger partial charge in [-0.15, -0.1) is 0 Å². The Morgan fingerprint density at radius 2 is 1.96 bits per heavy atom. The number of hydrogen-bond acceptors (Lipinski definition) is 4. The Morgan fingerprint density at radius 1 is 1.21 bits per heavy atom. The normalized spacial score (nSPS) is 28.1. The van der Waals surface area contributed by atoms with Gasteiger partial charge in [-0.1, -0.05) is 6.92 Å². The number of guanidine groups is 1. The number of nitrogens with zero attached hydrogens (tertiary/aromatic N) is 3. The van der Waals surface area contributed by atoms with Crippen molar-refractivity contribution in [2.75, 3.05) is 52.1 Å². The number of aliphatic imine (C=N–C) groups is 1. The van der Waals surface area contributed by atoms with Gasteiger partial charge in [0.1, 0.15) is 0 Å². The first-order valence-corrected chi connectivity index (χ1v) is 11.0. The van der Waals surface area contributed by atoms with Crippen molar-refractivity contribution in [2.45, 2.75) is 57.4 Å². The van der Waals surface area contributed by atoms with Crippen molar-refractivity contribution in [2.24, 2.45) is 4.99 Å². The fourth-order valence-corrected chi connectivity index (χ4v) is 4.45. The van der Waals surface area contributed by atoms with Gasteiger partial charge >= 0.3 is 0 Å². The predicted molar refractivity (Wildman–Crippen MR) is 107 cm³/mol. The molecule has 1 aliphatic carbocycles. The third-order valence-corrected chi connectivity index (χ3v) is 6.49. The average Bonchev–Trinajstić information content (AvgIpc) is 3.07. The number of piperazine rings is 1. The van der Waals surface area contributed by atoms with Crippen LogP contribution in [0.15, 0.2) is 4.99 Å². The molecule has 5 nitrogen and oxygen atoms in total. The molecule has 0 aromatic carbocycles. The monoisotopic (exact) mass is 355 g/mol. The van der Waals surface area contributed by atoms with Gasteiger partial charge in [-0.05, 0) is 45.9 Å². The summed E-state index contributed by atoms with van der Waals surface area (Å²) in [4.78, 5) is 9.98. The zero-order valence-electron chi connectivity index (χ0n) is 16.1. The van der Waals surface area contributed by atoms with Crippen LogP contribution in [0.5, 0.6) is 0 Å². The molecule has 0 aromatic rings. The Morgan fingerprint density at radius 3 is 2.54 bits per heavy atom. The summed E-state index contributed by atoms with van der Waals surface area (Å²) in [6, 6.07) is 1.10. The Kier molecular flexibility index (Phi) is 8.70. The molecule has 0 amide bonds. The molecule has 3 unspecified atom stereocenters. The molecule has 140 valence electrons. The van der Waals surface area contributed by atoms with E-state index in [-0.39, 0.29) is 0 Å². The van der Waals surface area contributed by atoms with E-state index in [2.05, 4.69) is 47.5 Å². The highest BCUT2D eigenvalue weighted by Gasteiger charge is 2.25. The third-order valence-electron chi connectivity index (χ3n) is 5.39. The minimum Gasteiger partial charge on any atom is -0.357 e. The first-order chi connectivity index (χ1) is 11.7. The summed E-state index contributed by atoms with van der Waals surface area (Å²) in [6.45, 7) is 14.4. The van der Waals surface area contributed by atoms with E-state index in [9.17, 15) is 0 Å². The maximum Gasteiger partial charge on any atom is 0.191 e. The highest BCUT2D eigenvalue weighted by atomic mass is 32.2. The van der Waals surface area contributed by atoms with E-state index in [1.54, 1.807) is 0 Å². The third kappa shape index (κ3) is 6.12. The molecule has 0 radical (unpaired) electrons. The standard InChI is InChI=1S/C18H37N5S/c1-5-19-18(21-16-7-8-17(13-16)24-4)20-14-15(3)23-11-9-22(6-2)10-12-23/h15-17H,5-14H2,1-4H3,(H2,19,20,21). The summed E-state index contributed by atoms with van der Waals surface area (Å²) in [7, 11) is 0. The summed E-state index contributed by atoms with van der Waals surface area (Å²) in [5.74, 6) is 1.00. The molecule has 2 aliphatic rings. The Balaban J connectivity index is 1.79. The Bertz CT molecular complexity index is 382. The van der Waals surface area contributed by atoms with E-state index >= 15 is 0 Å². The number of hydrogen-bond donors (Lipinski definition) is 2. The summed E-state index contributed by atoms with van der Waals surface area (Å²) in [5.41, 5.74) is 0. The van der Waals surface area contributed by atoms with Crippen molar-refractivity contribution in [1.82, 2.24) is 20.4 Å². The number of likely N-dealkylation sites (N-methyl/N-ethyl adjacent to an activating group) is 1. The van der Waals surface area contributed by atoms with Crippen molar-refractivity contribution < 1.29 is 0 Å². The highest BCUT2D eigenvalue weighted by Crippen LogP contribution is 2.28. The molecule has 1 saturated carbocycles. The Labute approximate surface area is 153 Å². The molecule has 0 bridgehead atoms. The summed E-state index contributed by atoms with van der Waals surface area (Å²) in [5, 5.41) is 7.90. The smallest absolute Gasteiger partial charge is 0.191 e. The molecule has 1 heterocycles. The molecular weight excluding hydrogens is 318 g/mol. The Hall–Kier alpha value is -0.460. The quantitative estimate of drug-likeness (QED) is 0.539. The van der Waals surface area contributed by atoms with E-state index in [0.717, 1.165) is 24.3 Å². The molecule has 0 spiro atoms. The van der Waals surface area contributed by atoms with Gasteiger partial charge in [-0.25, -0.2) is 0 Å². The summed E-state index contributed by atoms with van der Waals surface area (Å²) in [6.07, 6.45) is 6.09. The van der Waals surface area contributed by atoms with Crippen LogP contribution < -0.4 is 10.6 Å². The number of nitrogens with one attached hydrogen (secondary N) is 2. The molecule has 1 aliphatic heterocycles. The maximum absolute atomic E-state index is 4.87. The van der Waals surface area contributed by atoms with Gasteiger partial charge < -0.3 is 15.5 Å². The molecule has 2 fully saturated rings. The second kappa shape index (κ2) is 10.5. The SMILES string of the molecule is CCNC(=NCC(C)N1CCN(CC)CC1)NC1CCC(SC)C1. The van der Waals surface area contributed by atoms with E-state index in [0.29, 0.717) is 12.1 Å². The lowest BCUT2D eigenvalue weighted by Gasteiger charge is -2.37. The minimum atomic E-state index is 0.516. The largest absolute Gasteiger partial charge is 0.357 e. The van der Waals surface area contributed by atoms with E-state index < -0.39 is 0 Å². The fourth-order valence-electron chi connectivity index (χ4n) is 3.66. The molecule has 3 atom stereocenters. The van der Waals surface area contributed by atoms with Crippen LogP contribution in [0.1, 0.15) is 40.0 Å². The van der Waals surface area contributed by atoms with Crippen molar-refractivity contribution >= 4 is 17.7 Å². The summed E-state index contributed by atoms with van der Waals surface area (Å²) < 4.78 is 0. The second-order valence-corrected chi connectivity index (χ2v) is 8.19. The van der Waals surface area contributed by atoms with Crippen molar-refractivity contribution in [3.63, 3.8) is 0 Å². The van der Waals surface area contributed by atoms with Gasteiger partial charge in [0.15, 0.2) is 5.96 Å². The lowest BCUT2D eigenvalue weighted by Crippen LogP contribution is -2.50. The van der Waals surface area contributed by atoms with Gasteiger partial charge in [0.2, 0.25) is 0 Å². The van der Waals surface area contributed by atoms with Crippen LogP contribution in [0.2, 0.25) is 0 Å². The fraction of sp³-hybridized carbons (Fsp3) is 0.944. The minimum absolute atomic E-state index is 0.516. The zero-order chi connectivity index (χ0) is 17.4. The van der Waals surface area contributed by atoms with Gasteiger partial charge in [0.25, 0.3) is 0 Å². The first-order valence-electron chi connectivity index (χ1n) is 9.70. The maximum atomic E-state index is 4.87. The average molecular weight is 356 g/mol. The lowest BCUT2D eigenvalue weighted by atomic mass is 10.2. The predicted octanol–water partition coefficient (Wildman–Crippen LogP) is 1.85. The second-order valence-electron chi connectivity index (χ2n) is 7.05. The summed E-state index contributed by atoms with van der Waals surface area (Å²) >= 11 is 2.00. The van der Waals surface area contributed by atoms with Crippen LogP contribution in [0.3, 0.4) is 0 Å². The van der Waals surface area contributed by atoms with E-state index in [4.69, 9.17) is 4.99 Å². The van der Waals surface area contributed by atoms with Crippen molar-refractivity contribution in [3.05, 3.63) is 0 Å². The molecular formula is C18H37N5S. The van der Waals surface area contributed by atoms with Crippen LogP contribution in [-0.4, -0.2) is 85.2 Å². The zero-order valence-corrected chi connectivity index (χ0v) is 16.9. The van der Waals surface area contributed by atoms with Crippen LogP contribution in [-0.2, 0) is 0 Å². The van der Waals surface area contributed by atoms with Gasteiger partial charge in [0, 0.05) is 50.1 Å². The van der Waals surface area contributed by atoms with Crippen LogP contribution >= 0.6 is 11.8 Å². The van der Waals surface area contributed by atoms with Crippen LogP contribution in [0, 0.1) is 0 Å².